The molecule has 1 saturated carbocycles. The summed E-state index contributed by atoms with van der Waals surface area (Å²) in [6.07, 6.45) is 1.49. The molecule has 3 aliphatic rings. The summed E-state index contributed by atoms with van der Waals surface area (Å²) >= 11 is 1.38. The maximum absolute atomic E-state index is 12.9. The monoisotopic (exact) mass is 369 g/mol. The summed E-state index contributed by atoms with van der Waals surface area (Å²) in [6.45, 7) is 1.66. The van der Waals surface area contributed by atoms with Crippen molar-refractivity contribution in [3.8, 4) is 0 Å². The van der Waals surface area contributed by atoms with Crippen molar-refractivity contribution in [1.29, 1.82) is 0 Å². The maximum Gasteiger partial charge on any atom is 0.264 e. The quantitative estimate of drug-likeness (QED) is 0.745. The first-order valence-electron chi connectivity index (χ1n) is 8.10. The molecular weight excluding hydrogens is 350 g/mol. The van der Waals surface area contributed by atoms with Crippen LogP contribution in [0.5, 0.6) is 0 Å². The molecule has 1 aromatic rings. The summed E-state index contributed by atoms with van der Waals surface area (Å²) in [6, 6.07) is 2.87. The van der Waals surface area contributed by atoms with Gasteiger partial charge in [-0.2, -0.15) is 0 Å². The van der Waals surface area contributed by atoms with Crippen molar-refractivity contribution in [2.24, 2.45) is 0 Å². The van der Waals surface area contributed by atoms with Gasteiger partial charge in [0.25, 0.3) is 11.8 Å². The first-order valence-corrected chi connectivity index (χ1v) is 10.6. The lowest BCUT2D eigenvalue weighted by Gasteiger charge is -2.39. The molecule has 2 aliphatic heterocycles. The molecule has 0 bridgehead atoms. The van der Waals surface area contributed by atoms with Crippen molar-refractivity contribution >= 4 is 33.2 Å². The van der Waals surface area contributed by atoms with Gasteiger partial charge in [0.1, 0.15) is 6.04 Å². The summed E-state index contributed by atoms with van der Waals surface area (Å²) in [5.41, 5.74) is 0. The van der Waals surface area contributed by atoms with E-state index in [2.05, 4.69) is 0 Å². The lowest BCUT2D eigenvalue weighted by Crippen LogP contribution is -2.59. The Labute approximate surface area is 144 Å². The lowest BCUT2D eigenvalue weighted by atomic mass is 10.1. The molecule has 0 radical (unpaired) electrons. The minimum atomic E-state index is -3.54. The molecule has 0 aromatic carbocycles. The van der Waals surface area contributed by atoms with Crippen molar-refractivity contribution < 1.29 is 18.0 Å². The van der Waals surface area contributed by atoms with Crippen LogP contribution in [0.25, 0.3) is 0 Å². The number of thiophene rings is 1. The number of hydrogen-bond acceptors (Lipinski definition) is 6. The van der Waals surface area contributed by atoms with Gasteiger partial charge in [-0.3, -0.25) is 14.5 Å². The molecule has 24 heavy (non-hydrogen) atoms. The molecule has 0 spiro atoms. The van der Waals surface area contributed by atoms with E-state index in [-0.39, 0.29) is 30.2 Å². The zero-order valence-corrected chi connectivity index (χ0v) is 14.8. The molecule has 1 unspecified atom stereocenters. The molecule has 1 atom stereocenters. The fourth-order valence-electron chi connectivity index (χ4n) is 3.39. The zero-order chi connectivity index (χ0) is 16.9. The molecule has 3 heterocycles. The smallest absolute Gasteiger partial charge is 0.264 e. The van der Waals surface area contributed by atoms with E-state index >= 15 is 0 Å². The number of rotatable bonds is 2. The highest BCUT2D eigenvalue weighted by atomic mass is 32.2. The predicted molar refractivity (Wildman–Crippen MR) is 89.2 cm³/mol. The molecule has 0 N–H and O–H groups in total. The second kappa shape index (κ2) is 5.82. The van der Waals surface area contributed by atoms with Gasteiger partial charge < -0.3 is 4.90 Å². The van der Waals surface area contributed by atoms with Crippen molar-refractivity contribution in [2.45, 2.75) is 24.9 Å². The summed E-state index contributed by atoms with van der Waals surface area (Å²) in [7, 11) is -3.54. The third-order valence-electron chi connectivity index (χ3n) is 4.83. The number of piperazine rings is 1. The van der Waals surface area contributed by atoms with Crippen LogP contribution in [0, 0.1) is 0 Å². The van der Waals surface area contributed by atoms with Gasteiger partial charge in [0.15, 0.2) is 0 Å². The third-order valence-corrected chi connectivity index (χ3v) is 7.46. The number of nitrogens with zero attached hydrogens (tertiary/aromatic N) is 3. The van der Waals surface area contributed by atoms with Crippen molar-refractivity contribution in [2.75, 3.05) is 31.9 Å². The van der Waals surface area contributed by atoms with Crippen LogP contribution in [0.4, 0.5) is 0 Å². The second-order valence-electron chi connectivity index (χ2n) is 6.46. The fraction of sp³-hybridized carbons (Fsp3) is 0.600. The molecule has 1 aliphatic carbocycles. The Kier molecular flexibility index (Phi) is 3.89. The fourth-order valence-corrected chi connectivity index (χ4v) is 5.81. The van der Waals surface area contributed by atoms with E-state index in [1.54, 1.807) is 11.0 Å². The van der Waals surface area contributed by atoms with E-state index in [9.17, 15) is 18.0 Å². The largest absolute Gasteiger partial charge is 0.335 e. The summed E-state index contributed by atoms with van der Waals surface area (Å²) in [4.78, 5) is 29.7. The molecule has 130 valence electrons. The Morgan fingerprint density at radius 2 is 2.00 bits per heavy atom. The van der Waals surface area contributed by atoms with E-state index in [0.717, 1.165) is 17.1 Å². The molecule has 7 nitrogen and oxygen atoms in total. The molecule has 9 heteroatoms. The minimum Gasteiger partial charge on any atom is -0.335 e. The minimum absolute atomic E-state index is 0.0232. The van der Waals surface area contributed by atoms with Crippen LogP contribution in [0.1, 0.15) is 22.5 Å². The van der Waals surface area contributed by atoms with Crippen LogP contribution >= 0.6 is 11.3 Å². The van der Waals surface area contributed by atoms with E-state index in [1.165, 1.54) is 11.3 Å². The van der Waals surface area contributed by atoms with Gasteiger partial charge in [0, 0.05) is 32.2 Å². The first-order chi connectivity index (χ1) is 11.5. The van der Waals surface area contributed by atoms with Gasteiger partial charge in [-0.15, -0.1) is 11.3 Å². The summed E-state index contributed by atoms with van der Waals surface area (Å²) in [5, 5.41) is 1.85. The number of hydrogen-bond donors (Lipinski definition) is 0. The third kappa shape index (κ3) is 2.74. The van der Waals surface area contributed by atoms with Gasteiger partial charge in [0.2, 0.25) is 10.0 Å². The molecule has 2 saturated heterocycles. The van der Waals surface area contributed by atoms with Crippen molar-refractivity contribution in [1.82, 2.24) is 14.1 Å². The second-order valence-corrected chi connectivity index (χ2v) is 9.37. The van der Waals surface area contributed by atoms with E-state index in [0.29, 0.717) is 24.5 Å². The van der Waals surface area contributed by atoms with Gasteiger partial charge >= 0.3 is 0 Å². The van der Waals surface area contributed by atoms with Crippen LogP contribution in [0.3, 0.4) is 0 Å². The van der Waals surface area contributed by atoms with Gasteiger partial charge in [-0.1, -0.05) is 6.07 Å². The van der Waals surface area contributed by atoms with Crippen LogP contribution in [-0.4, -0.2) is 78.4 Å². The summed E-state index contributed by atoms with van der Waals surface area (Å²) in [5.74, 6) is -0.467. The molecule has 4 rings (SSSR count). The van der Waals surface area contributed by atoms with Crippen LogP contribution in [-0.2, 0) is 14.8 Å². The lowest BCUT2D eigenvalue weighted by molar-refractivity contribution is -0.133. The average Bonchev–Trinajstić information content (AvgIpc) is 3.24. The normalized spacial score (nSPS) is 27.7. The van der Waals surface area contributed by atoms with Crippen molar-refractivity contribution in [3.05, 3.63) is 22.4 Å². The van der Waals surface area contributed by atoms with E-state index in [1.807, 2.05) is 16.3 Å². The molecule has 1 aromatic heterocycles. The van der Waals surface area contributed by atoms with Gasteiger partial charge in [-0.25, -0.2) is 12.7 Å². The first kappa shape index (κ1) is 16.0. The predicted octanol–water partition coefficient (Wildman–Crippen LogP) is 0.209. The number of fused-ring (bicyclic) bond motifs is 1. The highest BCUT2D eigenvalue weighted by Crippen LogP contribution is 2.33. The van der Waals surface area contributed by atoms with E-state index < -0.39 is 16.1 Å². The Morgan fingerprint density at radius 1 is 1.21 bits per heavy atom. The highest BCUT2D eigenvalue weighted by molar-refractivity contribution is 7.89. The number of carbonyl (C=O) groups is 2. The van der Waals surface area contributed by atoms with Crippen LogP contribution < -0.4 is 0 Å². The Hall–Kier alpha value is -1.45. The molecule has 2 amide bonds. The molecule has 3 fully saturated rings. The van der Waals surface area contributed by atoms with Gasteiger partial charge in [0.05, 0.1) is 10.6 Å². The highest BCUT2D eigenvalue weighted by Gasteiger charge is 2.48. The zero-order valence-electron chi connectivity index (χ0n) is 13.1. The Bertz CT molecular complexity index is 758. The maximum atomic E-state index is 12.9. The van der Waals surface area contributed by atoms with Crippen LogP contribution in [0.2, 0.25) is 0 Å². The van der Waals surface area contributed by atoms with Crippen molar-refractivity contribution in [3.63, 3.8) is 0 Å². The SMILES string of the molecule is O=C(c1cccs1)N1CCN2CCS(=O)(=O)N(C3CC3)C(=O)C2C1. The number of amides is 2. The number of carbonyl (C=O) groups excluding carboxylic acids is 2. The Morgan fingerprint density at radius 3 is 2.67 bits per heavy atom. The van der Waals surface area contributed by atoms with Gasteiger partial charge in [-0.05, 0) is 24.3 Å². The van der Waals surface area contributed by atoms with E-state index in [4.69, 9.17) is 0 Å². The Balaban J connectivity index is 1.58. The van der Waals surface area contributed by atoms with Crippen LogP contribution in [0.15, 0.2) is 17.5 Å². The number of sulfonamides is 1. The average molecular weight is 369 g/mol. The molecular formula is C15H19N3O4S2. The summed E-state index contributed by atoms with van der Waals surface area (Å²) < 4.78 is 26.0. The standard InChI is InChI=1S/C15H19N3O4S2/c19-14-12-10-17(15(20)13-2-1-8-23-13)6-5-16(12)7-9-24(21,22)18(14)11-3-4-11/h1-2,8,11-12H,3-7,9-10H2. The topological polar surface area (TPSA) is 78.0 Å².